The van der Waals surface area contributed by atoms with Gasteiger partial charge in [0, 0.05) is 0 Å². The van der Waals surface area contributed by atoms with Crippen LogP contribution in [0.4, 0.5) is 0 Å². The van der Waals surface area contributed by atoms with E-state index in [0.29, 0.717) is 5.75 Å². The minimum atomic E-state index is -1.73. The fourth-order valence-electron chi connectivity index (χ4n) is 2.26. The molecule has 0 radical (unpaired) electrons. The van der Waals surface area contributed by atoms with Crippen molar-refractivity contribution in [2.45, 2.75) is 41.0 Å². The molecule has 1 aromatic rings. The Balaban J connectivity index is 2.94. The summed E-state index contributed by atoms with van der Waals surface area (Å²) < 4.78 is 15.1. The average Bonchev–Trinajstić information content (AvgIpc) is 2.46. The van der Waals surface area contributed by atoms with Gasteiger partial charge < -0.3 is 14.2 Å². The molecule has 0 spiro atoms. The molecule has 0 aliphatic rings. The molecule has 24 heavy (non-hydrogen) atoms. The topological polar surface area (TPSA) is 78.9 Å². The molecule has 0 aromatic heterocycles. The van der Waals surface area contributed by atoms with Gasteiger partial charge >= 0.3 is 17.9 Å². The van der Waals surface area contributed by atoms with Crippen LogP contribution in [0.25, 0.3) is 0 Å². The summed E-state index contributed by atoms with van der Waals surface area (Å²) in [6.07, 6.45) is -0.461. The first-order valence-corrected chi connectivity index (χ1v) is 7.86. The smallest absolute Gasteiger partial charge is 0.323 e. The lowest BCUT2D eigenvalue weighted by molar-refractivity contribution is -0.174. The van der Waals surface area contributed by atoms with Crippen LogP contribution in [0.3, 0.4) is 0 Å². The van der Waals surface area contributed by atoms with Crippen molar-refractivity contribution in [3.8, 4) is 5.75 Å². The number of aryl methyl sites for hydroxylation is 2. The number of hydrogen-bond acceptors (Lipinski definition) is 6. The van der Waals surface area contributed by atoms with Crippen molar-refractivity contribution < 1.29 is 28.6 Å². The van der Waals surface area contributed by atoms with Crippen LogP contribution in [0.1, 0.15) is 38.3 Å². The molecule has 0 saturated heterocycles. The van der Waals surface area contributed by atoms with Gasteiger partial charge in [0.05, 0.1) is 19.6 Å². The van der Waals surface area contributed by atoms with Crippen molar-refractivity contribution in [1.29, 1.82) is 0 Å². The number of rotatable bonds is 7. The molecule has 0 heterocycles. The van der Waals surface area contributed by atoms with Gasteiger partial charge in [0.2, 0.25) is 0 Å². The van der Waals surface area contributed by atoms with Crippen LogP contribution in [0, 0.1) is 19.3 Å². The summed E-state index contributed by atoms with van der Waals surface area (Å²) in [4.78, 5) is 36.5. The molecule has 6 nitrogen and oxygen atoms in total. The summed E-state index contributed by atoms with van der Waals surface area (Å²) >= 11 is 0. The molecule has 1 aromatic carbocycles. The van der Waals surface area contributed by atoms with Crippen molar-refractivity contribution in [3.63, 3.8) is 0 Å². The third-order valence-corrected chi connectivity index (χ3v) is 3.38. The molecule has 0 saturated carbocycles. The molecule has 0 aliphatic carbocycles. The summed E-state index contributed by atoms with van der Waals surface area (Å²) in [5, 5.41) is 0. The Morgan fingerprint density at radius 1 is 0.917 bits per heavy atom. The minimum absolute atomic E-state index is 0.0972. The van der Waals surface area contributed by atoms with Gasteiger partial charge in [-0.2, -0.15) is 0 Å². The number of esters is 3. The van der Waals surface area contributed by atoms with Crippen LogP contribution in [0.5, 0.6) is 5.75 Å². The molecule has 0 fully saturated rings. The van der Waals surface area contributed by atoms with E-state index in [2.05, 4.69) is 0 Å². The van der Waals surface area contributed by atoms with Crippen molar-refractivity contribution in [3.05, 3.63) is 29.3 Å². The Labute approximate surface area is 142 Å². The zero-order chi connectivity index (χ0) is 18.3. The standard InChI is InChI=1S/C18H24O6/c1-6-22-16(20)18(5,17(21)23-7-2)11-15(19)24-14-9-12(3)8-13(4)10-14/h8-10H,6-7,11H2,1-5H3. The van der Waals surface area contributed by atoms with Gasteiger partial charge in [-0.25, -0.2) is 0 Å². The maximum Gasteiger partial charge on any atom is 0.323 e. The van der Waals surface area contributed by atoms with Crippen molar-refractivity contribution in [2.75, 3.05) is 13.2 Å². The number of carbonyl (C=O) groups is 3. The first-order chi connectivity index (χ1) is 11.2. The second-order valence-electron chi connectivity index (χ2n) is 5.75. The van der Waals surface area contributed by atoms with E-state index < -0.39 is 29.7 Å². The van der Waals surface area contributed by atoms with E-state index in [1.807, 2.05) is 19.9 Å². The normalized spacial score (nSPS) is 10.9. The zero-order valence-electron chi connectivity index (χ0n) is 14.8. The van der Waals surface area contributed by atoms with Gasteiger partial charge in [-0.3, -0.25) is 14.4 Å². The first-order valence-electron chi connectivity index (χ1n) is 7.86. The van der Waals surface area contributed by atoms with Crippen molar-refractivity contribution in [1.82, 2.24) is 0 Å². The highest BCUT2D eigenvalue weighted by atomic mass is 16.6. The molecule has 0 atom stereocenters. The van der Waals surface area contributed by atoms with Crippen LogP contribution >= 0.6 is 0 Å². The summed E-state index contributed by atoms with van der Waals surface area (Å²) in [6, 6.07) is 5.35. The lowest BCUT2D eigenvalue weighted by Crippen LogP contribution is -2.42. The third-order valence-electron chi connectivity index (χ3n) is 3.38. The fourth-order valence-corrected chi connectivity index (χ4v) is 2.26. The minimum Gasteiger partial charge on any atom is -0.465 e. The Morgan fingerprint density at radius 3 is 1.79 bits per heavy atom. The van der Waals surface area contributed by atoms with Gasteiger partial charge in [0.1, 0.15) is 5.75 Å². The number of benzene rings is 1. The highest BCUT2D eigenvalue weighted by molar-refractivity contribution is 6.02. The summed E-state index contributed by atoms with van der Waals surface area (Å²) in [6.45, 7) is 8.53. The molecular weight excluding hydrogens is 312 g/mol. The van der Waals surface area contributed by atoms with Crippen LogP contribution in [-0.2, 0) is 23.9 Å². The highest BCUT2D eigenvalue weighted by Gasteiger charge is 2.46. The average molecular weight is 336 g/mol. The third kappa shape index (κ3) is 5.08. The highest BCUT2D eigenvalue weighted by Crippen LogP contribution is 2.27. The molecule has 0 aliphatic heterocycles. The molecule has 132 valence electrons. The van der Waals surface area contributed by atoms with Gasteiger partial charge in [0.15, 0.2) is 5.41 Å². The summed E-state index contributed by atoms with van der Waals surface area (Å²) in [5.74, 6) is -1.95. The van der Waals surface area contributed by atoms with Crippen LogP contribution in [-0.4, -0.2) is 31.1 Å². The molecular formula is C18H24O6. The molecule has 0 bridgehead atoms. The predicted molar refractivity (Wildman–Crippen MR) is 87.5 cm³/mol. The van der Waals surface area contributed by atoms with E-state index in [1.54, 1.807) is 26.0 Å². The van der Waals surface area contributed by atoms with Crippen LogP contribution < -0.4 is 4.74 Å². The van der Waals surface area contributed by atoms with E-state index >= 15 is 0 Å². The maximum absolute atomic E-state index is 12.2. The van der Waals surface area contributed by atoms with E-state index in [4.69, 9.17) is 14.2 Å². The monoisotopic (exact) mass is 336 g/mol. The van der Waals surface area contributed by atoms with Crippen LogP contribution in [0.2, 0.25) is 0 Å². The second kappa shape index (κ2) is 8.47. The lowest BCUT2D eigenvalue weighted by Gasteiger charge is -2.23. The molecule has 0 unspecified atom stereocenters. The maximum atomic E-state index is 12.2. The molecule has 0 amide bonds. The Kier molecular flexibility index (Phi) is 6.95. The van der Waals surface area contributed by atoms with Gasteiger partial charge in [-0.15, -0.1) is 0 Å². The second-order valence-corrected chi connectivity index (χ2v) is 5.75. The zero-order valence-corrected chi connectivity index (χ0v) is 14.8. The van der Waals surface area contributed by atoms with Crippen molar-refractivity contribution in [2.24, 2.45) is 5.41 Å². The predicted octanol–water partition coefficient (Wildman–Crippen LogP) is 2.73. The molecule has 1 rings (SSSR count). The van der Waals surface area contributed by atoms with Gasteiger partial charge in [-0.1, -0.05) is 6.07 Å². The summed E-state index contributed by atoms with van der Waals surface area (Å²) in [5.41, 5.74) is 0.148. The van der Waals surface area contributed by atoms with E-state index in [-0.39, 0.29) is 13.2 Å². The molecule has 0 N–H and O–H groups in total. The lowest BCUT2D eigenvalue weighted by atomic mass is 9.87. The number of carbonyl (C=O) groups excluding carboxylic acids is 3. The van der Waals surface area contributed by atoms with E-state index in [9.17, 15) is 14.4 Å². The SMILES string of the molecule is CCOC(=O)C(C)(CC(=O)Oc1cc(C)cc(C)c1)C(=O)OCC. The number of ether oxygens (including phenoxy) is 3. The van der Waals surface area contributed by atoms with E-state index in [1.165, 1.54) is 6.92 Å². The largest absolute Gasteiger partial charge is 0.465 e. The van der Waals surface area contributed by atoms with Crippen LogP contribution in [0.15, 0.2) is 18.2 Å². The first kappa shape index (κ1) is 19.7. The Bertz CT molecular complexity index is 582. The summed E-state index contributed by atoms with van der Waals surface area (Å²) in [7, 11) is 0. The van der Waals surface area contributed by atoms with E-state index in [0.717, 1.165) is 11.1 Å². The Hall–Kier alpha value is -2.37. The number of hydrogen-bond donors (Lipinski definition) is 0. The van der Waals surface area contributed by atoms with Gasteiger partial charge in [-0.05, 0) is 57.9 Å². The Morgan fingerprint density at radius 2 is 1.38 bits per heavy atom. The quantitative estimate of drug-likeness (QED) is 0.433. The van der Waals surface area contributed by atoms with Crippen molar-refractivity contribution >= 4 is 17.9 Å². The van der Waals surface area contributed by atoms with Gasteiger partial charge in [0.25, 0.3) is 0 Å². The molecule has 6 heteroatoms. The fraction of sp³-hybridized carbons (Fsp3) is 0.500.